The van der Waals surface area contributed by atoms with E-state index in [9.17, 15) is 0 Å². The lowest BCUT2D eigenvalue weighted by atomic mass is 10.1. The van der Waals surface area contributed by atoms with E-state index in [1.807, 2.05) is 47.5 Å². The largest absolute Gasteiger partial charge is 0.356 e. The van der Waals surface area contributed by atoms with Gasteiger partial charge < -0.3 is 15.4 Å². The molecule has 0 saturated heterocycles. The van der Waals surface area contributed by atoms with Gasteiger partial charge in [0.1, 0.15) is 0 Å². The number of hydrogen-bond donors (Lipinski definition) is 2. The number of nitrogens with one attached hydrogen (secondary N) is 2. The molecule has 0 atom stereocenters. The van der Waals surface area contributed by atoms with Crippen LogP contribution in [-0.2, 0) is 13.1 Å². The summed E-state index contributed by atoms with van der Waals surface area (Å²) in [7, 11) is 5.93. The van der Waals surface area contributed by atoms with E-state index in [2.05, 4.69) is 70.5 Å². The predicted octanol–water partition coefficient (Wildman–Crippen LogP) is 5.68. The van der Waals surface area contributed by atoms with Gasteiger partial charge in [0.2, 0.25) is 5.95 Å². The first-order chi connectivity index (χ1) is 16.0. The zero-order valence-electron chi connectivity index (χ0n) is 18.5. The van der Waals surface area contributed by atoms with Crippen LogP contribution in [0.1, 0.15) is 22.3 Å². The molecule has 0 bridgehead atoms. The molecule has 6 heteroatoms. The first-order valence-corrected chi connectivity index (χ1v) is 10.9. The van der Waals surface area contributed by atoms with Crippen LogP contribution in [0.2, 0.25) is 0 Å². The lowest BCUT2D eigenvalue weighted by molar-refractivity contribution is 0.488. The molecular formula is C27H24BN5. The van der Waals surface area contributed by atoms with Gasteiger partial charge in [-0.3, -0.25) is 0 Å². The Kier molecular flexibility index (Phi) is 5.67. The van der Waals surface area contributed by atoms with Crippen molar-refractivity contribution in [2.24, 2.45) is 0 Å². The fourth-order valence-electron chi connectivity index (χ4n) is 4.03. The van der Waals surface area contributed by atoms with Crippen LogP contribution in [0.5, 0.6) is 0 Å². The number of aromatic nitrogens is 2. The van der Waals surface area contributed by atoms with E-state index in [1.165, 1.54) is 16.7 Å². The van der Waals surface area contributed by atoms with E-state index < -0.39 is 0 Å². The highest BCUT2D eigenvalue weighted by atomic mass is 15.1. The van der Waals surface area contributed by atoms with Crippen molar-refractivity contribution in [2.45, 2.75) is 20.0 Å². The fraction of sp³-hybridized carbons (Fsp3) is 0.111. The summed E-state index contributed by atoms with van der Waals surface area (Å²) in [5.74, 6) is 0.548. The van der Waals surface area contributed by atoms with Crippen molar-refractivity contribution in [1.82, 2.24) is 14.8 Å². The molecule has 3 aromatic carbocycles. The number of hydrogen-bond acceptors (Lipinski definition) is 5. The topological polar surface area (TPSA) is 53.1 Å². The third kappa shape index (κ3) is 4.81. The number of aryl methyl sites for hydroxylation is 1. The van der Waals surface area contributed by atoms with E-state index in [0.717, 1.165) is 46.9 Å². The molecule has 2 N–H and O–H groups in total. The van der Waals surface area contributed by atoms with Gasteiger partial charge in [0, 0.05) is 48.1 Å². The quantitative estimate of drug-likeness (QED) is 0.387. The molecule has 33 heavy (non-hydrogen) atoms. The summed E-state index contributed by atoms with van der Waals surface area (Å²) in [5, 5.41) is 6.69. The Balaban J connectivity index is 1.27. The highest BCUT2D eigenvalue weighted by Crippen LogP contribution is 2.27. The molecule has 1 aliphatic rings. The van der Waals surface area contributed by atoms with Crippen molar-refractivity contribution in [3.8, 4) is 11.1 Å². The van der Waals surface area contributed by atoms with Gasteiger partial charge in [-0.1, -0.05) is 54.6 Å². The molecule has 0 fully saturated rings. The van der Waals surface area contributed by atoms with Crippen molar-refractivity contribution in [3.63, 3.8) is 0 Å². The Bertz CT molecular complexity index is 1320. The van der Waals surface area contributed by atoms with Crippen molar-refractivity contribution in [2.75, 3.05) is 10.6 Å². The molecule has 0 saturated carbocycles. The summed E-state index contributed by atoms with van der Waals surface area (Å²) in [6, 6.07) is 22.7. The Morgan fingerprint density at radius 3 is 2.48 bits per heavy atom. The van der Waals surface area contributed by atoms with Crippen LogP contribution in [0, 0.1) is 6.92 Å². The van der Waals surface area contributed by atoms with Crippen LogP contribution < -0.4 is 10.6 Å². The van der Waals surface area contributed by atoms with Crippen LogP contribution in [0.15, 0.2) is 85.7 Å². The standard InChI is InChI=1S/C27H24BN5/c1-18-5-3-7-21(11-18)24-14-29-27(30-15-24)32-25-8-4-6-20(12-25)19(2)31-26-10-9-22-16-33(28)17-23(22)13-26/h3-15,31H,2,16-17H2,1H3,(H,29,30,32). The lowest BCUT2D eigenvalue weighted by Crippen LogP contribution is -2.09. The summed E-state index contributed by atoms with van der Waals surface area (Å²) in [4.78, 5) is 10.8. The molecule has 0 unspecified atom stereocenters. The summed E-state index contributed by atoms with van der Waals surface area (Å²) in [6.45, 7) is 7.85. The molecular weight excluding hydrogens is 405 g/mol. The third-order valence-corrected chi connectivity index (χ3v) is 5.72. The maximum absolute atomic E-state index is 5.93. The van der Waals surface area contributed by atoms with Gasteiger partial charge in [0.25, 0.3) is 0 Å². The number of benzene rings is 3. The smallest absolute Gasteiger partial charge is 0.227 e. The maximum atomic E-state index is 5.93. The molecule has 2 heterocycles. The van der Waals surface area contributed by atoms with E-state index in [1.54, 1.807) is 0 Å². The zero-order valence-corrected chi connectivity index (χ0v) is 18.5. The minimum absolute atomic E-state index is 0.548. The third-order valence-electron chi connectivity index (χ3n) is 5.72. The van der Waals surface area contributed by atoms with E-state index in [4.69, 9.17) is 7.98 Å². The molecule has 5 nitrogen and oxygen atoms in total. The minimum Gasteiger partial charge on any atom is -0.356 e. The van der Waals surface area contributed by atoms with E-state index in [0.29, 0.717) is 5.95 Å². The molecule has 160 valence electrons. The monoisotopic (exact) mass is 429 g/mol. The molecule has 5 rings (SSSR count). The van der Waals surface area contributed by atoms with Gasteiger partial charge in [-0.05, 0) is 53.4 Å². The Morgan fingerprint density at radius 2 is 1.67 bits per heavy atom. The van der Waals surface area contributed by atoms with Gasteiger partial charge in [0.05, 0.1) is 0 Å². The summed E-state index contributed by atoms with van der Waals surface area (Å²) in [6.07, 6.45) is 3.68. The molecule has 0 amide bonds. The first-order valence-electron chi connectivity index (χ1n) is 10.9. The minimum atomic E-state index is 0.548. The van der Waals surface area contributed by atoms with Crippen molar-refractivity contribution < 1.29 is 0 Å². The van der Waals surface area contributed by atoms with Crippen LogP contribution in [0.25, 0.3) is 16.8 Å². The van der Waals surface area contributed by atoms with Gasteiger partial charge in [-0.15, -0.1) is 0 Å². The van der Waals surface area contributed by atoms with Crippen LogP contribution in [0.4, 0.5) is 17.3 Å². The highest BCUT2D eigenvalue weighted by Gasteiger charge is 2.15. The van der Waals surface area contributed by atoms with E-state index >= 15 is 0 Å². The second-order valence-electron chi connectivity index (χ2n) is 8.36. The van der Waals surface area contributed by atoms with Gasteiger partial charge in [-0.2, -0.15) is 0 Å². The van der Waals surface area contributed by atoms with Crippen molar-refractivity contribution >= 4 is 31.0 Å². The summed E-state index contributed by atoms with van der Waals surface area (Å²) >= 11 is 0. The van der Waals surface area contributed by atoms with Gasteiger partial charge in [0.15, 0.2) is 7.98 Å². The second kappa shape index (κ2) is 8.92. The fourth-order valence-corrected chi connectivity index (χ4v) is 4.03. The molecule has 0 spiro atoms. The van der Waals surface area contributed by atoms with E-state index in [-0.39, 0.29) is 0 Å². The molecule has 4 aromatic rings. The first kappa shape index (κ1) is 21.0. The number of rotatable bonds is 6. The average molecular weight is 429 g/mol. The van der Waals surface area contributed by atoms with Crippen molar-refractivity contribution in [3.05, 3.63) is 108 Å². The molecule has 0 aliphatic carbocycles. The van der Waals surface area contributed by atoms with Gasteiger partial charge >= 0.3 is 0 Å². The Morgan fingerprint density at radius 1 is 0.879 bits per heavy atom. The maximum Gasteiger partial charge on any atom is 0.227 e. The molecule has 1 aromatic heterocycles. The van der Waals surface area contributed by atoms with Crippen LogP contribution in [0.3, 0.4) is 0 Å². The molecule has 1 aliphatic heterocycles. The lowest BCUT2D eigenvalue weighted by Gasteiger charge is -2.13. The Labute approximate surface area is 195 Å². The SMILES string of the molecule is [B]N1Cc2ccc(NC(=C)c3cccc(Nc4ncc(-c5cccc(C)c5)cn4)c3)cc2C1. The van der Waals surface area contributed by atoms with Gasteiger partial charge in [-0.25, -0.2) is 9.97 Å². The summed E-state index contributed by atoms with van der Waals surface area (Å²) < 4.78 is 0. The number of anilines is 3. The Hall–Kier alpha value is -3.90. The number of nitrogens with zero attached hydrogens (tertiary/aromatic N) is 3. The van der Waals surface area contributed by atoms with Crippen LogP contribution >= 0.6 is 0 Å². The van der Waals surface area contributed by atoms with Crippen molar-refractivity contribution in [1.29, 1.82) is 0 Å². The number of fused-ring (bicyclic) bond motifs is 1. The molecule has 2 radical (unpaired) electrons. The summed E-state index contributed by atoms with van der Waals surface area (Å²) in [5.41, 5.74) is 9.52. The average Bonchev–Trinajstić information content (AvgIpc) is 3.19. The highest BCUT2D eigenvalue weighted by molar-refractivity contribution is 6.04. The normalized spacial score (nSPS) is 12.9. The zero-order chi connectivity index (χ0) is 22.8. The van der Waals surface area contributed by atoms with Crippen LogP contribution in [-0.4, -0.2) is 22.8 Å². The second-order valence-corrected chi connectivity index (χ2v) is 8.36. The predicted molar refractivity (Wildman–Crippen MR) is 136 cm³/mol.